The zero-order valence-electron chi connectivity index (χ0n) is 8.88. The Hall–Kier alpha value is -1.40. The number of sulfonamides is 1. The van der Waals surface area contributed by atoms with Crippen molar-refractivity contribution in [3.63, 3.8) is 0 Å². The lowest BCUT2D eigenvalue weighted by Gasteiger charge is -2.11. The van der Waals surface area contributed by atoms with Gasteiger partial charge >= 0.3 is 0 Å². The third-order valence-electron chi connectivity index (χ3n) is 2.08. The van der Waals surface area contributed by atoms with Crippen LogP contribution in [0.4, 0.5) is 0 Å². The molecule has 0 radical (unpaired) electrons. The molecule has 0 saturated carbocycles. The van der Waals surface area contributed by atoms with E-state index in [1.807, 2.05) is 4.72 Å². The Morgan fingerprint density at radius 2 is 1.94 bits per heavy atom. The first-order chi connectivity index (χ1) is 7.46. The molecule has 0 spiro atoms. The third kappa shape index (κ3) is 3.32. The largest absolute Gasteiger partial charge is 0.316 e. The fraction of sp³-hybridized carbons (Fsp3) is 0.300. The smallest absolute Gasteiger partial charge is 0.254 e. The molecule has 1 amide bonds. The van der Waals surface area contributed by atoms with E-state index in [0.29, 0.717) is 5.56 Å². The van der Waals surface area contributed by atoms with Gasteiger partial charge in [-0.05, 0) is 12.5 Å². The lowest BCUT2D eigenvalue weighted by atomic mass is 10.1. The second-order valence-electron chi connectivity index (χ2n) is 3.26. The summed E-state index contributed by atoms with van der Waals surface area (Å²) in [6.07, 6.45) is 0. The van der Waals surface area contributed by atoms with Gasteiger partial charge in [-0.25, -0.2) is 8.42 Å². The maximum Gasteiger partial charge on any atom is 0.254 e. The van der Waals surface area contributed by atoms with E-state index in [0.717, 1.165) is 0 Å². The molecule has 0 fully saturated rings. The first-order valence-corrected chi connectivity index (χ1v) is 6.46. The Bertz CT molecular complexity index is 456. The molecule has 0 aromatic heterocycles. The molecule has 0 saturated heterocycles. The van der Waals surface area contributed by atoms with Crippen molar-refractivity contribution in [2.75, 3.05) is 5.75 Å². The van der Waals surface area contributed by atoms with E-state index in [-0.39, 0.29) is 5.75 Å². The van der Waals surface area contributed by atoms with Gasteiger partial charge in [0.05, 0.1) is 5.75 Å². The van der Waals surface area contributed by atoms with Crippen molar-refractivity contribution in [3.05, 3.63) is 35.9 Å². The minimum Gasteiger partial charge on any atom is -0.316 e. The van der Waals surface area contributed by atoms with Crippen LogP contribution in [0.2, 0.25) is 0 Å². The molecule has 0 aliphatic rings. The third-order valence-corrected chi connectivity index (χ3v) is 3.35. The van der Waals surface area contributed by atoms with E-state index in [2.05, 4.69) is 0 Å². The number of hydrogen-bond acceptors (Lipinski definition) is 4. The van der Waals surface area contributed by atoms with Gasteiger partial charge in [0.25, 0.3) is 5.91 Å². The van der Waals surface area contributed by atoms with Gasteiger partial charge in [0.1, 0.15) is 6.04 Å². The topological polar surface area (TPSA) is 89.3 Å². The Balaban J connectivity index is 2.77. The Labute approximate surface area is 94.7 Å². The molecule has 5 nitrogen and oxygen atoms in total. The molecular weight excluding hydrogens is 228 g/mol. The monoisotopic (exact) mass is 242 g/mol. The SMILES string of the molecule is CCS(=O)(=O)NC(=O)[C@H](N)c1ccccc1. The molecule has 1 atom stereocenters. The minimum atomic E-state index is -3.55. The van der Waals surface area contributed by atoms with Crippen molar-refractivity contribution in [2.45, 2.75) is 13.0 Å². The van der Waals surface area contributed by atoms with Gasteiger partial charge in [0, 0.05) is 0 Å². The van der Waals surface area contributed by atoms with Gasteiger partial charge in [0.15, 0.2) is 0 Å². The lowest BCUT2D eigenvalue weighted by Crippen LogP contribution is -2.38. The van der Waals surface area contributed by atoms with Gasteiger partial charge in [0.2, 0.25) is 10.0 Å². The van der Waals surface area contributed by atoms with Crippen LogP contribution in [-0.2, 0) is 14.8 Å². The number of amides is 1. The average molecular weight is 242 g/mol. The second kappa shape index (κ2) is 5.09. The van der Waals surface area contributed by atoms with Crippen LogP contribution in [0.15, 0.2) is 30.3 Å². The number of hydrogen-bond donors (Lipinski definition) is 2. The number of nitrogens with two attached hydrogens (primary N) is 1. The molecule has 16 heavy (non-hydrogen) atoms. The van der Waals surface area contributed by atoms with Crippen molar-refractivity contribution in [2.24, 2.45) is 5.73 Å². The van der Waals surface area contributed by atoms with Crippen LogP contribution < -0.4 is 10.5 Å². The standard InChI is InChI=1S/C10H14N2O3S/c1-2-16(14,15)12-10(13)9(11)8-6-4-3-5-7-8/h3-7,9H,2,11H2,1H3,(H,12,13)/t9-/m1/s1. The normalized spacial score (nSPS) is 13.1. The number of rotatable bonds is 4. The fourth-order valence-electron chi connectivity index (χ4n) is 1.10. The molecule has 1 rings (SSSR count). The Kier molecular flexibility index (Phi) is 4.03. The summed E-state index contributed by atoms with van der Waals surface area (Å²) in [4.78, 5) is 11.5. The quantitative estimate of drug-likeness (QED) is 0.786. The van der Waals surface area contributed by atoms with Gasteiger partial charge in [-0.1, -0.05) is 30.3 Å². The highest BCUT2D eigenvalue weighted by atomic mass is 32.2. The first kappa shape index (κ1) is 12.7. The molecule has 3 N–H and O–H groups in total. The zero-order valence-corrected chi connectivity index (χ0v) is 9.70. The number of carbonyl (C=O) groups excluding carboxylic acids is 1. The highest BCUT2D eigenvalue weighted by molar-refractivity contribution is 7.90. The summed E-state index contributed by atoms with van der Waals surface area (Å²) in [6.45, 7) is 1.45. The average Bonchev–Trinajstić information content (AvgIpc) is 2.28. The van der Waals surface area contributed by atoms with Gasteiger partial charge in [-0.2, -0.15) is 0 Å². The van der Waals surface area contributed by atoms with Gasteiger partial charge in [-0.15, -0.1) is 0 Å². The summed E-state index contributed by atoms with van der Waals surface area (Å²) < 4.78 is 24.2. The maximum absolute atomic E-state index is 11.5. The van der Waals surface area contributed by atoms with Crippen LogP contribution in [0.3, 0.4) is 0 Å². The van der Waals surface area contributed by atoms with E-state index >= 15 is 0 Å². The molecule has 0 aliphatic carbocycles. The van der Waals surface area contributed by atoms with Crippen LogP contribution >= 0.6 is 0 Å². The van der Waals surface area contributed by atoms with Crippen molar-refractivity contribution in [1.82, 2.24) is 4.72 Å². The van der Waals surface area contributed by atoms with Crippen LogP contribution in [0.5, 0.6) is 0 Å². The van der Waals surface area contributed by atoms with Gasteiger partial charge < -0.3 is 5.73 Å². The van der Waals surface area contributed by atoms with Crippen molar-refractivity contribution in [3.8, 4) is 0 Å². The number of benzene rings is 1. The summed E-state index contributed by atoms with van der Waals surface area (Å²) in [5, 5.41) is 0. The van der Waals surface area contributed by atoms with E-state index in [4.69, 9.17) is 5.73 Å². The van der Waals surface area contributed by atoms with Crippen LogP contribution in [0.25, 0.3) is 0 Å². The minimum absolute atomic E-state index is 0.153. The molecule has 1 aromatic carbocycles. The van der Waals surface area contributed by atoms with Crippen LogP contribution in [0, 0.1) is 0 Å². The maximum atomic E-state index is 11.5. The number of nitrogens with one attached hydrogen (secondary N) is 1. The van der Waals surface area contributed by atoms with Crippen LogP contribution in [-0.4, -0.2) is 20.1 Å². The molecule has 1 aromatic rings. The number of carbonyl (C=O) groups is 1. The predicted octanol–water partition coefficient (Wildman–Crippen LogP) is 0.152. The van der Waals surface area contributed by atoms with E-state index < -0.39 is 22.0 Å². The molecule has 0 heterocycles. The molecule has 0 aliphatic heterocycles. The molecule has 0 bridgehead atoms. The summed E-state index contributed by atoms with van der Waals surface area (Å²) in [6, 6.07) is 7.62. The highest BCUT2D eigenvalue weighted by Crippen LogP contribution is 2.09. The molecule has 0 unspecified atom stereocenters. The van der Waals surface area contributed by atoms with Crippen molar-refractivity contribution >= 4 is 15.9 Å². The van der Waals surface area contributed by atoms with Crippen molar-refractivity contribution < 1.29 is 13.2 Å². The van der Waals surface area contributed by atoms with E-state index in [1.54, 1.807) is 30.3 Å². The lowest BCUT2D eigenvalue weighted by molar-refractivity contribution is -0.120. The van der Waals surface area contributed by atoms with E-state index in [9.17, 15) is 13.2 Å². The Morgan fingerprint density at radius 3 is 2.44 bits per heavy atom. The zero-order chi connectivity index (χ0) is 12.2. The fourth-order valence-corrected chi connectivity index (χ4v) is 1.68. The molecule has 6 heteroatoms. The predicted molar refractivity (Wildman–Crippen MR) is 61.0 cm³/mol. The Morgan fingerprint density at radius 1 is 1.38 bits per heavy atom. The van der Waals surface area contributed by atoms with Crippen molar-refractivity contribution in [1.29, 1.82) is 0 Å². The van der Waals surface area contributed by atoms with Gasteiger partial charge in [-0.3, -0.25) is 9.52 Å². The van der Waals surface area contributed by atoms with Crippen LogP contribution in [0.1, 0.15) is 18.5 Å². The summed E-state index contributed by atoms with van der Waals surface area (Å²) in [5.41, 5.74) is 6.20. The van der Waals surface area contributed by atoms with E-state index in [1.165, 1.54) is 6.92 Å². The summed E-state index contributed by atoms with van der Waals surface area (Å²) in [7, 11) is -3.55. The summed E-state index contributed by atoms with van der Waals surface area (Å²) in [5.74, 6) is -0.867. The first-order valence-electron chi connectivity index (χ1n) is 4.81. The molecule has 88 valence electrons. The second-order valence-corrected chi connectivity index (χ2v) is 5.27. The summed E-state index contributed by atoms with van der Waals surface area (Å²) >= 11 is 0. The molecular formula is C10H14N2O3S. The highest BCUT2D eigenvalue weighted by Gasteiger charge is 2.19.